The van der Waals surface area contributed by atoms with Gasteiger partial charge in [-0.1, -0.05) is 17.7 Å². The highest BCUT2D eigenvalue weighted by Crippen LogP contribution is 2.12. The van der Waals surface area contributed by atoms with E-state index in [1.54, 1.807) is 10.8 Å². The maximum absolute atomic E-state index is 5.09. The summed E-state index contributed by atoms with van der Waals surface area (Å²) in [5.74, 6) is 1.17. The highest BCUT2D eigenvalue weighted by Gasteiger charge is 1.76. The maximum Gasteiger partial charge on any atom is 0.00467 e. The van der Waals surface area contributed by atoms with Gasteiger partial charge in [0.15, 0.2) is 0 Å². The van der Waals surface area contributed by atoms with Gasteiger partial charge in [-0.15, -0.1) is 24.8 Å². The molecule has 0 amide bonds. The average Bonchev–Trinajstić information content (AvgIpc) is 1.61. The SMILES string of the molecule is CCCSSN.Cl.Cl. The van der Waals surface area contributed by atoms with Crippen LogP contribution in [0.15, 0.2) is 0 Å². The Kier molecular flexibility index (Phi) is 31.7. The molecule has 5 heteroatoms. The number of halogens is 2. The summed E-state index contributed by atoms with van der Waals surface area (Å²) in [4.78, 5) is 0. The summed E-state index contributed by atoms with van der Waals surface area (Å²) in [5.41, 5.74) is 0. The normalized spacial score (nSPS) is 6.75. The Bertz CT molecular complexity index is 27.2. The molecule has 54 valence electrons. The lowest BCUT2D eigenvalue weighted by Gasteiger charge is -1.85. The van der Waals surface area contributed by atoms with Gasteiger partial charge < -0.3 is 0 Å². The third-order valence-electron chi connectivity index (χ3n) is 0.355. The first-order chi connectivity index (χ1) is 2.91. The zero-order valence-corrected chi connectivity index (χ0v) is 7.89. The second kappa shape index (κ2) is 15.7. The first-order valence-electron chi connectivity index (χ1n) is 1.90. The Morgan fingerprint density at radius 3 is 2.00 bits per heavy atom. The summed E-state index contributed by atoms with van der Waals surface area (Å²) in [6, 6.07) is 0. The molecule has 0 unspecified atom stereocenters. The van der Waals surface area contributed by atoms with E-state index in [-0.39, 0.29) is 24.8 Å². The first kappa shape index (κ1) is 16.1. The highest BCUT2D eigenvalue weighted by molar-refractivity contribution is 8.75. The summed E-state index contributed by atoms with van der Waals surface area (Å²) < 4.78 is 0. The van der Waals surface area contributed by atoms with Crippen LogP contribution in [0.4, 0.5) is 0 Å². The lowest BCUT2D eigenvalue weighted by Crippen LogP contribution is -1.72. The highest BCUT2D eigenvalue weighted by atomic mass is 35.5. The quantitative estimate of drug-likeness (QED) is 0.426. The maximum atomic E-state index is 5.09. The van der Waals surface area contributed by atoms with Crippen LogP contribution in [0, 0.1) is 0 Å². The van der Waals surface area contributed by atoms with Crippen molar-refractivity contribution in [3.05, 3.63) is 0 Å². The molecule has 1 nitrogen and oxygen atoms in total. The van der Waals surface area contributed by atoms with Crippen LogP contribution < -0.4 is 5.14 Å². The zero-order chi connectivity index (χ0) is 4.83. The number of nitrogens with two attached hydrogens (primary N) is 1. The predicted molar refractivity (Wildman–Crippen MR) is 49.0 cm³/mol. The largest absolute Gasteiger partial charge is 0.268 e. The molecule has 0 saturated heterocycles. The molecule has 0 aromatic heterocycles. The Morgan fingerprint density at radius 1 is 1.38 bits per heavy atom. The van der Waals surface area contributed by atoms with Crippen LogP contribution in [0.1, 0.15) is 13.3 Å². The fourth-order valence-electron chi connectivity index (χ4n) is 0.131. The summed E-state index contributed by atoms with van der Waals surface area (Å²) in [5, 5.41) is 5.09. The van der Waals surface area contributed by atoms with Crippen molar-refractivity contribution in [3.63, 3.8) is 0 Å². The monoisotopic (exact) mass is 195 g/mol. The van der Waals surface area contributed by atoms with Crippen LogP contribution in [0.5, 0.6) is 0 Å². The number of hydrogen-bond donors (Lipinski definition) is 1. The Morgan fingerprint density at radius 2 is 1.88 bits per heavy atom. The minimum atomic E-state index is 0. The second-order valence-corrected chi connectivity index (χ2v) is 3.04. The minimum Gasteiger partial charge on any atom is -0.268 e. The third kappa shape index (κ3) is 15.7. The molecule has 0 rings (SSSR count). The Balaban J connectivity index is -0.000000125. The molecule has 0 atom stereocenters. The van der Waals surface area contributed by atoms with Crippen LogP contribution >= 0.6 is 46.6 Å². The molecule has 0 spiro atoms. The summed E-state index contributed by atoms with van der Waals surface area (Å²) >= 11 is 0. The van der Waals surface area contributed by atoms with Gasteiger partial charge in [-0.05, 0) is 17.4 Å². The van der Waals surface area contributed by atoms with Gasteiger partial charge in [-0.3, -0.25) is 5.14 Å². The van der Waals surface area contributed by atoms with Gasteiger partial charge in [0.2, 0.25) is 0 Å². The van der Waals surface area contributed by atoms with Crippen LogP contribution in [0.2, 0.25) is 0 Å². The second-order valence-electron chi connectivity index (χ2n) is 0.918. The van der Waals surface area contributed by atoms with Crippen molar-refractivity contribution in [2.24, 2.45) is 5.14 Å². The van der Waals surface area contributed by atoms with Crippen LogP contribution in [-0.4, -0.2) is 5.75 Å². The van der Waals surface area contributed by atoms with Crippen molar-refractivity contribution >= 4 is 46.6 Å². The van der Waals surface area contributed by atoms with Crippen molar-refractivity contribution in [1.29, 1.82) is 0 Å². The van der Waals surface area contributed by atoms with E-state index >= 15 is 0 Å². The van der Waals surface area contributed by atoms with Gasteiger partial charge in [-0.2, -0.15) is 0 Å². The molecule has 0 radical (unpaired) electrons. The Labute approximate surface area is 70.9 Å². The molecule has 0 aliphatic rings. The number of rotatable bonds is 3. The number of hydrogen-bond acceptors (Lipinski definition) is 3. The topological polar surface area (TPSA) is 26.0 Å². The van der Waals surface area contributed by atoms with Gasteiger partial charge >= 0.3 is 0 Å². The van der Waals surface area contributed by atoms with Gasteiger partial charge in [0.1, 0.15) is 0 Å². The Hall–Kier alpha value is 1.24. The summed E-state index contributed by atoms with van der Waals surface area (Å²) in [7, 11) is 3.05. The van der Waals surface area contributed by atoms with Crippen LogP contribution in [0.25, 0.3) is 0 Å². The molecule has 0 aromatic rings. The van der Waals surface area contributed by atoms with E-state index in [2.05, 4.69) is 6.92 Å². The lowest BCUT2D eigenvalue weighted by molar-refractivity contribution is 1.11. The average molecular weight is 196 g/mol. The van der Waals surface area contributed by atoms with E-state index in [9.17, 15) is 0 Å². The first-order valence-corrected chi connectivity index (χ1v) is 4.28. The fourth-order valence-corrected chi connectivity index (χ4v) is 1.18. The molecule has 0 saturated carbocycles. The van der Waals surface area contributed by atoms with E-state index < -0.39 is 0 Å². The van der Waals surface area contributed by atoms with Gasteiger partial charge in [0.05, 0.1) is 0 Å². The van der Waals surface area contributed by atoms with E-state index in [0.29, 0.717) is 0 Å². The molecule has 0 bridgehead atoms. The smallest absolute Gasteiger partial charge is 0.00467 e. The van der Waals surface area contributed by atoms with E-state index in [1.165, 1.54) is 23.2 Å². The van der Waals surface area contributed by atoms with E-state index in [1.807, 2.05) is 0 Å². The standard InChI is InChI=1S/C3H9NS2.2ClH/c1-2-3-5-6-4;;/h2-4H2,1H3;2*1H. The molecule has 8 heavy (non-hydrogen) atoms. The van der Waals surface area contributed by atoms with E-state index in [0.717, 1.165) is 0 Å². The molecule has 2 N–H and O–H groups in total. The van der Waals surface area contributed by atoms with Gasteiger partial charge in [0.25, 0.3) is 0 Å². The molecular formula is C3H11Cl2NS2. The lowest BCUT2D eigenvalue weighted by atomic mass is 10.6. The van der Waals surface area contributed by atoms with Crippen molar-refractivity contribution in [2.45, 2.75) is 13.3 Å². The molecule has 0 aliphatic heterocycles. The van der Waals surface area contributed by atoms with Crippen molar-refractivity contribution < 1.29 is 0 Å². The van der Waals surface area contributed by atoms with Gasteiger partial charge in [-0.25, -0.2) is 0 Å². The summed E-state index contributed by atoms with van der Waals surface area (Å²) in [6.07, 6.45) is 1.22. The van der Waals surface area contributed by atoms with Crippen LogP contribution in [0.3, 0.4) is 0 Å². The fraction of sp³-hybridized carbons (Fsp3) is 1.00. The molecule has 0 aliphatic carbocycles. The molecular weight excluding hydrogens is 185 g/mol. The summed E-state index contributed by atoms with van der Waals surface area (Å²) in [6.45, 7) is 2.14. The third-order valence-corrected chi connectivity index (χ3v) is 1.97. The van der Waals surface area contributed by atoms with Crippen molar-refractivity contribution in [3.8, 4) is 0 Å². The van der Waals surface area contributed by atoms with Crippen molar-refractivity contribution in [1.82, 2.24) is 0 Å². The molecule has 0 fully saturated rings. The molecule has 0 heterocycles. The van der Waals surface area contributed by atoms with Crippen molar-refractivity contribution in [2.75, 3.05) is 5.75 Å². The van der Waals surface area contributed by atoms with Gasteiger partial charge in [0, 0.05) is 5.75 Å². The van der Waals surface area contributed by atoms with Crippen LogP contribution in [-0.2, 0) is 0 Å². The van der Waals surface area contributed by atoms with E-state index in [4.69, 9.17) is 5.14 Å². The molecule has 0 aromatic carbocycles. The predicted octanol–water partition coefficient (Wildman–Crippen LogP) is 2.50. The zero-order valence-electron chi connectivity index (χ0n) is 4.62. The minimum absolute atomic E-state index is 0.